The molecule has 0 spiro atoms. The van der Waals surface area contributed by atoms with Crippen molar-refractivity contribution in [2.45, 2.75) is 12.8 Å². The molecular formula is C11H13NS. The molecule has 0 amide bonds. The van der Waals surface area contributed by atoms with Gasteiger partial charge in [0.25, 0.3) is 0 Å². The van der Waals surface area contributed by atoms with Gasteiger partial charge in [0.2, 0.25) is 0 Å². The normalized spacial score (nSPS) is 17.1. The maximum absolute atomic E-state index is 3.69. The molecule has 0 atom stereocenters. The van der Waals surface area contributed by atoms with E-state index in [4.69, 9.17) is 0 Å². The zero-order valence-electron chi connectivity index (χ0n) is 7.49. The molecule has 1 saturated carbocycles. The zero-order chi connectivity index (χ0) is 9.10. The average Bonchev–Trinajstić information content (AvgIpc) is 2.80. The zero-order valence-corrected chi connectivity index (χ0v) is 8.31. The Morgan fingerprint density at radius 2 is 2.46 bits per heavy atom. The first kappa shape index (κ1) is 8.57. The van der Waals surface area contributed by atoms with E-state index in [1.807, 2.05) is 0 Å². The van der Waals surface area contributed by atoms with Crippen LogP contribution >= 0.6 is 11.3 Å². The smallest absolute Gasteiger partial charge is 0.0423 e. The highest BCUT2D eigenvalue weighted by Gasteiger charge is 2.19. The number of rotatable bonds is 4. The van der Waals surface area contributed by atoms with Crippen LogP contribution in [0.25, 0.3) is 5.70 Å². The third-order valence-electron chi connectivity index (χ3n) is 2.11. The van der Waals surface area contributed by atoms with Gasteiger partial charge in [-0.2, -0.15) is 11.3 Å². The van der Waals surface area contributed by atoms with Gasteiger partial charge in [-0.05, 0) is 36.4 Å². The minimum atomic E-state index is 0.794. The van der Waals surface area contributed by atoms with Gasteiger partial charge in [-0.1, -0.05) is 12.7 Å². The lowest BCUT2D eigenvalue weighted by Crippen LogP contribution is -2.02. The summed E-state index contributed by atoms with van der Waals surface area (Å²) in [4.78, 5) is 0. The van der Waals surface area contributed by atoms with Crippen LogP contribution in [0.5, 0.6) is 0 Å². The van der Waals surface area contributed by atoms with Crippen molar-refractivity contribution in [2.24, 2.45) is 5.92 Å². The Morgan fingerprint density at radius 3 is 3.00 bits per heavy atom. The molecule has 0 bridgehead atoms. The van der Waals surface area contributed by atoms with E-state index in [1.54, 1.807) is 17.5 Å². The summed E-state index contributed by atoms with van der Waals surface area (Å²) in [6.07, 6.45) is 6.73. The van der Waals surface area contributed by atoms with Crippen LogP contribution in [0.1, 0.15) is 18.4 Å². The summed E-state index contributed by atoms with van der Waals surface area (Å²) in [5.41, 5.74) is 2.48. The molecule has 1 aliphatic rings. The fraction of sp³-hybridized carbons (Fsp3) is 0.273. The fourth-order valence-electron chi connectivity index (χ4n) is 1.25. The molecule has 1 N–H and O–H groups in total. The van der Waals surface area contributed by atoms with Crippen molar-refractivity contribution in [2.75, 3.05) is 0 Å². The summed E-state index contributed by atoms with van der Waals surface area (Å²) in [5, 5.41) is 7.44. The molecule has 0 aromatic carbocycles. The minimum Gasteiger partial charge on any atom is -0.362 e. The Hall–Kier alpha value is -1.02. The van der Waals surface area contributed by atoms with E-state index in [1.165, 1.54) is 24.1 Å². The van der Waals surface area contributed by atoms with Crippen LogP contribution in [-0.2, 0) is 0 Å². The lowest BCUT2D eigenvalue weighted by molar-refractivity contribution is 1.09. The van der Waals surface area contributed by atoms with Crippen LogP contribution in [0.4, 0.5) is 0 Å². The first-order valence-electron chi connectivity index (χ1n) is 4.52. The van der Waals surface area contributed by atoms with Crippen molar-refractivity contribution in [1.29, 1.82) is 0 Å². The van der Waals surface area contributed by atoms with Gasteiger partial charge in [-0.3, -0.25) is 0 Å². The van der Waals surface area contributed by atoms with Crippen molar-refractivity contribution in [1.82, 2.24) is 5.32 Å². The second-order valence-corrected chi connectivity index (χ2v) is 4.06. The first-order valence-corrected chi connectivity index (χ1v) is 5.46. The second-order valence-electron chi connectivity index (χ2n) is 3.28. The summed E-state index contributed by atoms with van der Waals surface area (Å²) in [5.74, 6) is 0.794. The van der Waals surface area contributed by atoms with Crippen molar-refractivity contribution < 1.29 is 0 Å². The molecule has 2 heteroatoms. The van der Waals surface area contributed by atoms with Crippen LogP contribution in [0, 0.1) is 5.92 Å². The van der Waals surface area contributed by atoms with E-state index in [0.717, 1.165) is 5.92 Å². The quantitative estimate of drug-likeness (QED) is 0.770. The minimum absolute atomic E-state index is 0.794. The summed E-state index contributed by atoms with van der Waals surface area (Å²) in [6.45, 7) is 3.69. The molecule has 0 aliphatic heterocycles. The summed E-state index contributed by atoms with van der Waals surface area (Å²) in [7, 11) is 0. The van der Waals surface area contributed by atoms with Gasteiger partial charge in [0.15, 0.2) is 0 Å². The molecule has 0 unspecified atom stereocenters. The predicted molar refractivity (Wildman–Crippen MR) is 58.4 cm³/mol. The number of thiophene rings is 1. The molecule has 0 saturated heterocycles. The van der Waals surface area contributed by atoms with Gasteiger partial charge >= 0.3 is 0 Å². The first-order chi connectivity index (χ1) is 6.40. The van der Waals surface area contributed by atoms with Crippen LogP contribution < -0.4 is 5.32 Å². The second kappa shape index (κ2) is 3.79. The van der Waals surface area contributed by atoms with Crippen LogP contribution in [0.2, 0.25) is 0 Å². The molecule has 1 fully saturated rings. The number of nitrogens with one attached hydrogen (secondary N) is 1. The molecule has 1 heterocycles. The van der Waals surface area contributed by atoms with Crippen molar-refractivity contribution in [3.63, 3.8) is 0 Å². The van der Waals surface area contributed by atoms with Gasteiger partial charge in [0.1, 0.15) is 0 Å². The van der Waals surface area contributed by atoms with Gasteiger partial charge in [0, 0.05) is 16.6 Å². The van der Waals surface area contributed by atoms with E-state index < -0.39 is 0 Å². The Balaban J connectivity index is 2.17. The summed E-state index contributed by atoms with van der Waals surface area (Å²) in [6, 6.07) is 2.13. The van der Waals surface area contributed by atoms with Gasteiger partial charge in [-0.25, -0.2) is 0 Å². The van der Waals surface area contributed by atoms with Crippen LogP contribution in [0.3, 0.4) is 0 Å². The molecule has 2 rings (SSSR count). The van der Waals surface area contributed by atoms with Crippen molar-refractivity contribution >= 4 is 17.0 Å². The highest BCUT2D eigenvalue weighted by atomic mass is 32.1. The van der Waals surface area contributed by atoms with E-state index in [0.29, 0.717) is 0 Å². The van der Waals surface area contributed by atoms with Gasteiger partial charge in [-0.15, -0.1) is 0 Å². The molecule has 1 nitrogen and oxygen atoms in total. The lowest BCUT2D eigenvalue weighted by Gasteiger charge is -2.03. The van der Waals surface area contributed by atoms with E-state index >= 15 is 0 Å². The van der Waals surface area contributed by atoms with Crippen molar-refractivity contribution in [3.8, 4) is 0 Å². The van der Waals surface area contributed by atoms with Gasteiger partial charge < -0.3 is 5.32 Å². The summed E-state index contributed by atoms with van der Waals surface area (Å²) >= 11 is 1.73. The highest BCUT2D eigenvalue weighted by molar-refractivity contribution is 7.08. The third kappa shape index (κ3) is 2.22. The maximum atomic E-state index is 3.69. The number of hydrogen-bond donors (Lipinski definition) is 1. The van der Waals surface area contributed by atoms with E-state index in [-0.39, 0.29) is 0 Å². The number of hydrogen-bond acceptors (Lipinski definition) is 2. The fourth-order valence-corrected chi connectivity index (χ4v) is 1.91. The Bertz CT molecular complexity index is 307. The predicted octanol–water partition coefficient (Wildman–Crippen LogP) is 3.23. The highest BCUT2D eigenvalue weighted by Crippen LogP contribution is 2.33. The monoisotopic (exact) mass is 191 g/mol. The molecule has 1 aromatic heterocycles. The largest absolute Gasteiger partial charge is 0.362 e. The molecule has 1 aromatic rings. The van der Waals surface area contributed by atoms with Crippen LogP contribution in [-0.4, -0.2) is 0 Å². The topological polar surface area (TPSA) is 12.0 Å². The van der Waals surface area contributed by atoms with Crippen LogP contribution in [0.15, 0.2) is 35.7 Å². The lowest BCUT2D eigenvalue weighted by atomic mass is 10.2. The number of allylic oxidation sites excluding steroid dienone is 1. The summed E-state index contributed by atoms with van der Waals surface area (Å²) < 4.78 is 0. The Kier molecular flexibility index (Phi) is 2.50. The van der Waals surface area contributed by atoms with E-state index in [2.05, 4.69) is 34.8 Å². The average molecular weight is 191 g/mol. The standard InChI is InChI=1S/C11H13NS/c1-2-12-11(7-9-3-4-9)10-5-6-13-8-10/h2,5-9,12H,1,3-4H2/b11-7-. The van der Waals surface area contributed by atoms with Crippen molar-refractivity contribution in [3.05, 3.63) is 41.2 Å². The molecule has 0 radical (unpaired) electrons. The molecular weight excluding hydrogens is 178 g/mol. The Morgan fingerprint density at radius 1 is 1.62 bits per heavy atom. The third-order valence-corrected chi connectivity index (χ3v) is 2.80. The Labute approximate surface area is 82.8 Å². The van der Waals surface area contributed by atoms with E-state index in [9.17, 15) is 0 Å². The molecule has 68 valence electrons. The van der Waals surface area contributed by atoms with Gasteiger partial charge in [0.05, 0.1) is 0 Å². The molecule has 13 heavy (non-hydrogen) atoms. The molecule has 1 aliphatic carbocycles. The maximum Gasteiger partial charge on any atom is 0.0423 e. The SMILES string of the molecule is C=CN/C(=C\C1CC1)c1ccsc1.